The molecule has 0 saturated carbocycles. The van der Waals surface area contributed by atoms with Gasteiger partial charge in [0.25, 0.3) is 11.5 Å². The molecule has 2 rings (SSSR count). The second-order valence-electron chi connectivity index (χ2n) is 8.91. The van der Waals surface area contributed by atoms with Crippen LogP contribution in [0.1, 0.15) is 65.5 Å². The third kappa shape index (κ3) is 5.53. The molecule has 0 aliphatic heterocycles. The highest BCUT2D eigenvalue weighted by molar-refractivity contribution is 5.90. The Morgan fingerprint density at radius 3 is 2.40 bits per heavy atom. The number of amides is 1. The van der Waals surface area contributed by atoms with E-state index < -0.39 is 0 Å². The minimum Gasteiger partial charge on any atom is -0.483 e. The maximum Gasteiger partial charge on any atom is 0.268 e. The van der Waals surface area contributed by atoms with Crippen molar-refractivity contribution in [2.75, 3.05) is 18.5 Å². The van der Waals surface area contributed by atoms with E-state index in [0.29, 0.717) is 5.75 Å². The Hall–Kier alpha value is -2.54. The van der Waals surface area contributed by atoms with E-state index in [-0.39, 0.29) is 47.9 Å². The third-order valence-electron chi connectivity index (χ3n) is 6.00. The van der Waals surface area contributed by atoms with Crippen molar-refractivity contribution in [2.24, 2.45) is 0 Å². The number of nitrogens with zero attached hydrogens (tertiary/aromatic N) is 1. The fraction of sp³-hybridized carbons (Fsp3) is 0.565. The average Bonchev–Trinajstić information content (AvgIpc) is 3.05. The number of hydrogen-bond donors (Lipinski definition) is 3. The molecule has 0 aliphatic carbocycles. The first kappa shape index (κ1) is 23.7. The molecule has 7 nitrogen and oxygen atoms in total. The molecule has 1 heterocycles. The quantitative estimate of drug-likeness (QED) is 0.551. The van der Waals surface area contributed by atoms with Gasteiger partial charge in [-0.1, -0.05) is 53.7 Å². The zero-order chi connectivity index (χ0) is 22.5. The Kier molecular flexibility index (Phi) is 7.53. The van der Waals surface area contributed by atoms with Crippen molar-refractivity contribution < 1.29 is 14.6 Å². The standard InChI is InChI=1S/C23H35N3O4/c1-7-22(3,4)16-9-10-18(17(13-16)23(5,6)8-2)30-15-20(28)24-19-14-21(29)26(25-19)11-12-27/h9-10,13-14,25,27H,7-8,11-12,15H2,1-6H3,(H,24,28). The van der Waals surface area contributed by atoms with Crippen LogP contribution in [-0.2, 0) is 22.2 Å². The number of H-pyrrole nitrogens is 1. The van der Waals surface area contributed by atoms with Crippen molar-refractivity contribution in [3.63, 3.8) is 0 Å². The van der Waals surface area contributed by atoms with Gasteiger partial charge in [-0.25, -0.2) is 4.68 Å². The van der Waals surface area contributed by atoms with E-state index in [1.54, 1.807) is 0 Å². The maximum atomic E-state index is 12.4. The van der Waals surface area contributed by atoms with Gasteiger partial charge in [-0.15, -0.1) is 0 Å². The second-order valence-corrected chi connectivity index (χ2v) is 8.91. The number of benzene rings is 1. The molecule has 0 radical (unpaired) electrons. The molecule has 0 aliphatic rings. The summed E-state index contributed by atoms with van der Waals surface area (Å²) >= 11 is 0. The SMILES string of the molecule is CCC(C)(C)c1ccc(OCC(=O)Nc2cc(=O)n(CCO)[nH]2)c(C(C)(C)CC)c1. The van der Waals surface area contributed by atoms with Crippen LogP contribution >= 0.6 is 0 Å². The Morgan fingerprint density at radius 1 is 1.13 bits per heavy atom. The van der Waals surface area contributed by atoms with Crippen LogP contribution in [0.4, 0.5) is 5.82 Å². The monoisotopic (exact) mass is 417 g/mol. The van der Waals surface area contributed by atoms with Crippen LogP contribution in [-0.4, -0.2) is 34.0 Å². The summed E-state index contributed by atoms with van der Waals surface area (Å²) in [6.45, 7) is 12.9. The molecule has 0 unspecified atom stereocenters. The first-order chi connectivity index (χ1) is 14.0. The van der Waals surface area contributed by atoms with Crippen LogP contribution in [0.5, 0.6) is 5.75 Å². The molecule has 7 heteroatoms. The van der Waals surface area contributed by atoms with Gasteiger partial charge in [0, 0.05) is 11.6 Å². The number of aromatic nitrogens is 2. The molecule has 0 atom stereocenters. The molecule has 30 heavy (non-hydrogen) atoms. The molecular formula is C23H35N3O4. The number of aromatic amines is 1. The normalized spacial score (nSPS) is 12.1. The zero-order valence-electron chi connectivity index (χ0n) is 19.0. The minimum atomic E-state index is -0.370. The van der Waals surface area contributed by atoms with Gasteiger partial charge < -0.3 is 15.2 Å². The number of anilines is 1. The van der Waals surface area contributed by atoms with E-state index in [2.05, 4.69) is 64.1 Å². The molecule has 0 saturated heterocycles. The van der Waals surface area contributed by atoms with Crippen molar-refractivity contribution >= 4 is 11.7 Å². The lowest BCUT2D eigenvalue weighted by Gasteiger charge is -2.30. The molecular weight excluding hydrogens is 382 g/mol. The number of aliphatic hydroxyl groups is 1. The molecule has 3 N–H and O–H groups in total. The van der Waals surface area contributed by atoms with Crippen molar-refractivity contribution in [1.82, 2.24) is 9.78 Å². The van der Waals surface area contributed by atoms with Crippen molar-refractivity contribution in [3.05, 3.63) is 45.7 Å². The molecule has 0 bridgehead atoms. The van der Waals surface area contributed by atoms with Gasteiger partial charge >= 0.3 is 0 Å². The van der Waals surface area contributed by atoms with Gasteiger partial charge in [-0.05, 0) is 35.3 Å². The Labute approximate surface area is 178 Å². The topological polar surface area (TPSA) is 96.3 Å². The summed E-state index contributed by atoms with van der Waals surface area (Å²) in [5.74, 6) is 0.598. The summed E-state index contributed by atoms with van der Waals surface area (Å²) in [6, 6.07) is 7.50. The van der Waals surface area contributed by atoms with Gasteiger partial charge in [-0.3, -0.25) is 14.7 Å². The first-order valence-corrected chi connectivity index (χ1v) is 10.5. The van der Waals surface area contributed by atoms with Gasteiger partial charge in [0.1, 0.15) is 11.6 Å². The van der Waals surface area contributed by atoms with Crippen LogP contribution in [0.25, 0.3) is 0 Å². The Morgan fingerprint density at radius 2 is 1.80 bits per heavy atom. The zero-order valence-corrected chi connectivity index (χ0v) is 19.0. The molecule has 0 fully saturated rings. The van der Waals surface area contributed by atoms with E-state index >= 15 is 0 Å². The summed E-state index contributed by atoms with van der Waals surface area (Å²) in [5, 5.41) is 14.3. The highest BCUT2D eigenvalue weighted by atomic mass is 16.5. The lowest BCUT2D eigenvalue weighted by Crippen LogP contribution is -2.24. The number of carbonyl (C=O) groups is 1. The predicted molar refractivity (Wildman–Crippen MR) is 119 cm³/mol. The summed E-state index contributed by atoms with van der Waals surface area (Å²) in [6.07, 6.45) is 1.96. The molecule has 0 spiro atoms. The highest BCUT2D eigenvalue weighted by Crippen LogP contribution is 2.38. The van der Waals surface area contributed by atoms with Crippen molar-refractivity contribution in [3.8, 4) is 5.75 Å². The number of nitrogens with one attached hydrogen (secondary N) is 2. The molecule has 1 aromatic heterocycles. The van der Waals surface area contributed by atoms with Crippen LogP contribution in [0.3, 0.4) is 0 Å². The fourth-order valence-electron chi connectivity index (χ4n) is 3.09. The van der Waals surface area contributed by atoms with Crippen LogP contribution in [0.15, 0.2) is 29.1 Å². The molecule has 1 aromatic carbocycles. The number of carbonyl (C=O) groups excluding carboxylic acids is 1. The van der Waals surface area contributed by atoms with Crippen molar-refractivity contribution in [1.29, 1.82) is 0 Å². The molecule has 166 valence electrons. The highest BCUT2D eigenvalue weighted by Gasteiger charge is 2.26. The van der Waals surface area contributed by atoms with Crippen LogP contribution in [0, 0.1) is 0 Å². The third-order valence-corrected chi connectivity index (χ3v) is 6.00. The number of aliphatic hydroxyl groups excluding tert-OH is 1. The average molecular weight is 418 g/mol. The number of hydrogen-bond acceptors (Lipinski definition) is 4. The van der Waals surface area contributed by atoms with Gasteiger partial charge in [-0.2, -0.15) is 0 Å². The van der Waals surface area contributed by atoms with E-state index in [1.165, 1.54) is 16.3 Å². The lowest BCUT2D eigenvalue weighted by atomic mass is 9.76. The summed E-state index contributed by atoms with van der Waals surface area (Å²) in [4.78, 5) is 24.1. The fourth-order valence-corrected chi connectivity index (χ4v) is 3.09. The first-order valence-electron chi connectivity index (χ1n) is 10.5. The Bertz CT molecular complexity index is 925. The van der Waals surface area contributed by atoms with Crippen molar-refractivity contribution in [2.45, 2.75) is 71.8 Å². The smallest absolute Gasteiger partial charge is 0.268 e. The summed E-state index contributed by atoms with van der Waals surface area (Å²) < 4.78 is 7.12. The van der Waals surface area contributed by atoms with Crippen LogP contribution in [0.2, 0.25) is 0 Å². The Balaban J connectivity index is 2.18. The second kappa shape index (κ2) is 9.51. The number of ether oxygens (including phenoxy) is 1. The largest absolute Gasteiger partial charge is 0.483 e. The van der Waals surface area contributed by atoms with Gasteiger partial charge in [0.2, 0.25) is 0 Å². The van der Waals surface area contributed by atoms with Crippen LogP contribution < -0.4 is 15.6 Å². The van der Waals surface area contributed by atoms with E-state index in [4.69, 9.17) is 9.84 Å². The summed E-state index contributed by atoms with van der Waals surface area (Å²) in [7, 11) is 0. The van der Waals surface area contributed by atoms with Gasteiger partial charge in [0.05, 0.1) is 13.2 Å². The molecule has 1 amide bonds. The van der Waals surface area contributed by atoms with E-state index in [1.807, 2.05) is 6.07 Å². The minimum absolute atomic E-state index is 0.0576. The van der Waals surface area contributed by atoms with Gasteiger partial charge in [0.15, 0.2) is 6.61 Å². The lowest BCUT2D eigenvalue weighted by molar-refractivity contribution is -0.118. The van der Waals surface area contributed by atoms with E-state index in [9.17, 15) is 9.59 Å². The maximum absolute atomic E-state index is 12.4. The number of rotatable bonds is 10. The summed E-state index contributed by atoms with van der Waals surface area (Å²) in [5.41, 5.74) is 1.97. The van der Waals surface area contributed by atoms with E-state index in [0.717, 1.165) is 18.4 Å². The predicted octanol–water partition coefficient (Wildman–Crippen LogP) is 3.56. The molecule has 2 aromatic rings.